The van der Waals surface area contributed by atoms with Crippen LogP contribution in [0.4, 0.5) is 0 Å². The van der Waals surface area contributed by atoms with Gasteiger partial charge in [-0.2, -0.15) is 0 Å². The molecular weight excluding hydrogens is 282 g/mol. The third kappa shape index (κ3) is 2.86. The fraction of sp³-hybridized carbons (Fsp3) is 0.647. The van der Waals surface area contributed by atoms with Crippen molar-refractivity contribution in [1.29, 1.82) is 0 Å². The van der Waals surface area contributed by atoms with Crippen LogP contribution in [0.5, 0.6) is 5.75 Å². The Labute approximate surface area is 131 Å². The summed E-state index contributed by atoms with van der Waals surface area (Å²) in [5.41, 5.74) is 2.28. The molecule has 0 bridgehead atoms. The van der Waals surface area contributed by atoms with Gasteiger partial charge >= 0.3 is 0 Å². The molecule has 1 saturated heterocycles. The molecule has 1 unspecified atom stereocenters. The van der Waals surface area contributed by atoms with E-state index in [0.717, 1.165) is 44.7 Å². The van der Waals surface area contributed by atoms with Crippen LogP contribution in [-0.2, 0) is 16.8 Å². The van der Waals surface area contributed by atoms with Gasteiger partial charge in [0.25, 0.3) is 0 Å². The predicted octanol–water partition coefficient (Wildman–Crippen LogP) is 0.912. The monoisotopic (exact) mass is 307 g/mol. The van der Waals surface area contributed by atoms with Gasteiger partial charge in [-0.25, -0.2) is 0 Å². The van der Waals surface area contributed by atoms with Gasteiger partial charge in [0.15, 0.2) is 0 Å². The van der Waals surface area contributed by atoms with E-state index in [4.69, 9.17) is 14.6 Å². The van der Waals surface area contributed by atoms with Crippen LogP contribution in [-0.4, -0.2) is 61.2 Å². The Morgan fingerprint density at radius 3 is 2.82 bits per heavy atom. The molecule has 2 heterocycles. The second-order valence-electron chi connectivity index (χ2n) is 6.22. The predicted molar refractivity (Wildman–Crippen MR) is 83.1 cm³/mol. The molecule has 1 spiro atoms. The fourth-order valence-corrected chi connectivity index (χ4v) is 3.75. The zero-order valence-corrected chi connectivity index (χ0v) is 13.1. The molecule has 3 rings (SSSR count). The third-order valence-electron chi connectivity index (χ3n) is 4.88. The Morgan fingerprint density at radius 1 is 1.36 bits per heavy atom. The van der Waals surface area contributed by atoms with Gasteiger partial charge in [-0.05, 0) is 30.9 Å². The summed E-state index contributed by atoms with van der Waals surface area (Å²) in [6, 6.07) is 6.23. The van der Waals surface area contributed by atoms with Crippen LogP contribution in [0.2, 0.25) is 0 Å². The number of fused-ring (bicyclic) bond motifs is 2. The van der Waals surface area contributed by atoms with Crippen molar-refractivity contribution in [3.8, 4) is 5.75 Å². The van der Waals surface area contributed by atoms with Crippen molar-refractivity contribution in [3.05, 3.63) is 29.3 Å². The maximum Gasteiger partial charge on any atom is 0.125 e. The summed E-state index contributed by atoms with van der Waals surface area (Å²) in [4.78, 5) is 2.19. The molecule has 0 amide bonds. The van der Waals surface area contributed by atoms with Gasteiger partial charge in [-0.3, -0.25) is 0 Å². The van der Waals surface area contributed by atoms with Crippen LogP contribution < -0.4 is 4.74 Å². The van der Waals surface area contributed by atoms with E-state index >= 15 is 0 Å². The molecule has 2 aliphatic heterocycles. The number of methoxy groups -OCH3 is 1. The van der Waals surface area contributed by atoms with Gasteiger partial charge in [0.05, 0.1) is 32.0 Å². The van der Waals surface area contributed by atoms with Crippen LogP contribution >= 0.6 is 0 Å². The molecular formula is C17H25NO4. The van der Waals surface area contributed by atoms with Crippen molar-refractivity contribution in [1.82, 2.24) is 4.90 Å². The van der Waals surface area contributed by atoms with Crippen LogP contribution in [0.1, 0.15) is 24.0 Å². The molecule has 0 aromatic heterocycles. The largest absolute Gasteiger partial charge is 0.496 e. The van der Waals surface area contributed by atoms with E-state index in [9.17, 15) is 5.11 Å². The number of β-amino-alcohol motifs (C(OH)–C–C–N with tert-alkyl or cyclic N) is 1. The lowest BCUT2D eigenvalue weighted by atomic mass is 9.78. The van der Waals surface area contributed by atoms with Crippen molar-refractivity contribution in [2.75, 3.05) is 40.0 Å². The molecule has 1 fully saturated rings. The molecule has 0 radical (unpaired) electrons. The summed E-state index contributed by atoms with van der Waals surface area (Å²) in [5.74, 6) is 0.918. The first-order valence-corrected chi connectivity index (χ1v) is 8.00. The van der Waals surface area contributed by atoms with Crippen molar-refractivity contribution >= 4 is 0 Å². The lowest BCUT2D eigenvalue weighted by molar-refractivity contribution is -0.103. The molecule has 1 aromatic carbocycles. The van der Waals surface area contributed by atoms with Crippen LogP contribution in [0.25, 0.3) is 0 Å². The topological polar surface area (TPSA) is 62.2 Å². The molecule has 0 saturated carbocycles. The minimum absolute atomic E-state index is 0.186. The van der Waals surface area contributed by atoms with Crippen molar-refractivity contribution in [3.63, 3.8) is 0 Å². The van der Waals surface area contributed by atoms with Crippen molar-refractivity contribution < 1.29 is 19.7 Å². The lowest BCUT2D eigenvalue weighted by Crippen LogP contribution is -2.48. The zero-order chi connectivity index (χ0) is 15.6. The number of hydrogen-bond acceptors (Lipinski definition) is 5. The third-order valence-corrected chi connectivity index (χ3v) is 4.88. The normalized spacial score (nSPS) is 22.3. The summed E-state index contributed by atoms with van der Waals surface area (Å²) >= 11 is 0. The number of ether oxygens (including phenoxy) is 2. The van der Waals surface area contributed by atoms with Crippen molar-refractivity contribution in [2.45, 2.75) is 31.0 Å². The van der Waals surface area contributed by atoms with E-state index in [2.05, 4.69) is 11.0 Å². The Kier molecular flexibility index (Phi) is 4.68. The Hall–Kier alpha value is -1.14. The standard InChI is InChI=1S/C17H25NO4/c1-21-15-4-2-3-13-5-10-22-17(16(13)15)6-8-18(9-7-17)11-14(20)12-19/h2-4,14,19-20H,5-12H2,1H3. The Morgan fingerprint density at radius 2 is 2.14 bits per heavy atom. The van der Waals surface area contributed by atoms with E-state index in [-0.39, 0.29) is 12.2 Å². The minimum Gasteiger partial charge on any atom is -0.496 e. The number of aliphatic hydroxyl groups excluding tert-OH is 2. The molecule has 1 aromatic rings. The molecule has 1 atom stereocenters. The summed E-state index contributed by atoms with van der Waals surface area (Å²) in [6.45, 7) is 2.79. The SMILES string of the molecule is COc1cccc2c1C1(CCN(CC(O)CO)CC1)OCC2. The quantitative estimate of drug-likeness (QED) is 0.866. The second-order valence-corrected chi connectivity index (χ2v) is 6.22. The summed E-state index contributed by atoms with van der Waals surface area (Å²) in [7, 11) is 1.71. The van der Waals surface area contributed by atoms with Gasteiger partial charge in [0.1, 0.15) is 5.75 Å². The van der Waals surface area contributed by atoms with Crippen molar-refractivity contribution in [2.24, 2.45) is 0 Å². The van der Waals surface area contributed by atoms with E-state index in [1.54, 1.807) is 7.11 Å². The van der Waals surface area contributed by atoms with Gasteiger partial charge < -0.3 is 24.6 Å². The number of aliphatic hydroxyl groups is 2. The molecule has 5 heteroatoms. The smallest absolute Gasteiger partial charge is 0.125 e. The second kappa shape index (κ2) is 6.54. The summed E-state index contributed by atoms with van der Waals surface area (Å²) < 4.78 is 11.8. The zero-order valence-electron chi connectivity index (χ0n) is 13.1. The van der Waals surface area contributed by atoms with Crippen LogP contribution in [0.3, 0.4) is 0 Å². The lowest BCUT2D eigenvalue weighted by Gasteiger charge is -2.45. The van der Waals surface area contributed by atoms with Gasteiger partial charge in [-0.1, -0.05) is 12.1 Å². The Balaban J connectivity index is 1.80. The highest BCUT2D eigenvalue weighted by Crippen LogP contribution is 2.45. The van der Waals surface area contributed by atoms with Gasteiger partial charge in [0, 0.05) is 25.2 Å². The first-order valence-electron chi connectivity index (χ1n) is 8.00. The number of likely N-dealkylation sites (tertiary alicyclic amines) is 1. The first kappa shape index (κ1) is 15.7. The maximum absolute atomic E-state index is 9.61. The van der Waals surface area contributed by atoms with E-state index in [1.807, 2.05) is 12.1 Å². The highest BCUT2D eigenvalue weighted by atomic mass is 16.5. The molecule has 122 valence electrons. The molecule has 0 aliphatic carbocycles. The molecule has 22 heavy (non-hydrogen) atoms. The molecule has 2 aliphatic rings. The average molecular weight is 307 g/mol. The average Bonchev–Trinajstić information content (AvgIpc) is 2.56. The Bertz CT molecular complexity index is 497. The summed E-state index contributed by atoms with van der Waals surface area (Å²) in [6.07, 6.45) is 2.04. The number of benzene rings is 1. The fourth-order valence-electron chi connectivity index (χ4n) is 3.75. The molecule has 2 N–H and O–H groups in total. The van der Waals surface area contributed by atoms with E-state index in [1.165, 1.54) is 11.1 Å². The highest BCUT2D eigenvalue weighted by molar-refractivity contribution is 5.46. The van der Waals surface area contributed by atoms with Crippen LogP contribution in [0.15, 0.2) is 18.2 Å². The van der Waals surface area contributed by atoms with Crippen LogP contribution in [0, 0.1) is 0 Å². The van der Waals surface area contributed by atoms with Gasteiger partial charge in [-0.15, -0.1) is 0 Å². The summed E-state index contributed by atoms with van der Waals surface area (Å²) in [5, 5.41) is 18.6. The number of piperidine rings is 1. The number of nitrogens with zero attached hydrogens (tertiary/aromatic N) is 1. The minimum atomic E-state index is -0.664. The number of hydrogen-bond donors (Lipinski definition) is 2. The first-order chi connectivity index (χ1) is 10.7. The van der Waals surface area contributed by atoms with Gasteiger partial charge in [0.2, 0.25) is 0 Å². The highest BCUT2D eigenvalue weighted by Gasteiger charge is 2.42. The molecule has 5 nitrogen and oxygen atoms in total. The van der Waals surface area contributed by atoms with E-state index in [0.29, 0.717) is 6.54 Å². The maximum atomic E-state index is 9.61. The number of rotatable bonds is 4. The van der Waals surface area contributed by atoms with E-state index < -0.39 is 6.10 Å².